The smallest absolute Gasteiger partial charge is 0.146 e. The van der Waals surface area contributed by atoms with E-state index < -0.39 is 0 Å². The molecule has 0 aliphatic rings. The molecule has 0 radical (unpaired) electrons. The van der Waals surface area contributed by atoms with Crippen molar-refractivity contribution in [3.63, 3.8) is 0 Å². The van der Waals surface area contributed by atoms with Crippen molar-refractivity contribution in [1.82, 2.24) is 4.90 Å². The fourth-order valence-electron chi connectivity index (χ4n) is 2.58. The minimum atomic E-state index is 0.341. The van der Waals surface area contributed by atoms with Gasteiger partial charge in [0.1, 0.15) is 5.78 Å². The Labute approximate surface area is 121 Å². The standard InChI is InChI=1S/C18H23NO/c1-19(2)14-17(20)12-5-3-8-15-10-7-11-16-9-4-6-13-18(15)16/h4,6-7,9-11,13H,3,5,8,12,14H2,1-2H3. The maximum absolute atomic E-state index is 11.6. The molecular weight excluding hydrogens is 246 g/mol. The molecule has 0 aliphatic heterocycles. The topological polar surface area (TPSA) is 20.3 Å². The van der Waals surface area contributed by atoms with E-state index in [0.29, 0.717) is 18.7 Å². The summed E-state index contributed by atoms with van der Waals surface area (Å²) in [6, 6.07) is 15.0. The van der Waals surface area contributed by atoms with Gasteiger partial charge in [0, 0.05) is 6.42 Å². The third-order valence-electron chi connectivity index (χ3n) is 3.52. The van der Waals surface area contributed by atoms with Crippen LogP contribution in [0.15, 0.2) is 42.5 Å². The maximum Gasteiger partial charge on any atom is 0.146 e. The molecule has 2 nitrogen and oxygen atoms in total. The zero-order valence-electron chi connectivity index (χ0n) is 12.4. The van der Waals surface area contributed by atoms with E-state index in [2.05, 4.69) is 42.5 Å². The Balaban J connectivity index is 1.86. The monoisotopic (exact) mass is 269 g/mol. The number of nitrogens with zero attached hydrogens (tertiary/aromatic N) is 1. The van der Waals surface area contributed by atoms with Crippen LogP contribution in [0.3, 0.4) is 0 Å². The third-order valence-corrected chi connectivity index (χ3v) is 3.52. The second-order valence-electron chi connectivity index (χ2n) is 5.62. The Morgan fingerprint density at radius 3 is 2.55 bits per heavy atom. The van der Waals surface area contributed by atoms with E-state index in [9.17, 15) is 4.79 Å². The van der Waals surface area contributed by atoms with Crippen LogP contribution in [-0.4, -0.2) is 31.3 Å². The number of ketones is 1. The largest absolute Gasteiger partial charge is 0.302 e. The minimum absolute atomic E-state index is 0.341. The summed E-state index contributed by atoms with van der Waals surface area (Å²) < 4.78 is 0. The number of Topliss-reactive ketones (excluding diaryl/α,β-unsaturated/α-hetero) is 1. The molecule has 2 aromatic rings. The number of likely N-dealkylation sites (N-methyl/N-ethyl adjacent to an activating group) is 1. The molecule has 0 amide bonds. The van der Waals surface area contributed by atoms with Crippen molar-refractivity contribution in [2.75, 3.05) is 20.6 Å². The molecule has 2 rings (SSSR count). The summed E-state index contributed by atoms with van der Waals surface area (Å²) in [6.07, 6.45) is 3.81. The predicted octanol–water partition coefficient (Wildman–Crippen LogP) is 3.68. The molecule has 0 aromatic heterocycles. The molecule has 106 valence electrons. The third kappa shape index (κ3) is 4.17. The Kier molecular flexibility index (Phi) is 5.31. The minimum Gasteiger partial charge on any atom is -0.302 e. The Morgan fingerprint density at radius 1 is 1.00 bits per heavy atom. The summed E-state index contributed by atoms with van der Waals surface area (Å²) in [5, 5.41) is 2.64. The zero-order chi connectivity index (χ0) is 14.4. The fraction of sp³-hybridized carbons (Fsp3) is 0.389. The highest BCUT2D eigenvalue weighted by Crippen LogP contribution is 2.20. The summed E-state index contributed by atoms with van der Waals surface area (Å²) in [5.41, 5.74) is 1.39. The van der Waals surface area contributed by atoms with Crippen LogP contribution in [0.1, 0.15) is 24.8 Å². The van der Waals surface area contributed by atoms with Crippen molar-refractivity contribution in [3.8, 4) is 0 Å². The number of benzene rings is 2. The lowest BCUT2D eigenvalue weighted by atomic mass is 9.99. The van der Waals surface area contributed by atoms with Gasteiger partial charge in [0.05, 0.1) is 6.54 Å². The molecule has 0 saturated carbocycles. The number of hydrogen-bond donors (Lipinski definition) is 0. The van der Waals surface area contributed by atoms with Gasteiger partial charge < -0.3 is 4.90 Å². The Hall–Kier alpha value is -1.67. The Bertz CT molecular complexity index is 569. The van der Waals surface area contributed by atoms with E-state index in [1.54, 1.807) is 0 Å². The molecule has 0 N–H and O–H groups in total. The molecule has 0 atom stereocenters. The van der Waals surface area contributed by atoms with E-state index in [4.69, 9.17) is 0 Å². The lowest BCUT2D eigenvalue weighted by Gasteiger charge is -2.09. The molecule has 0 bridgehead atoms. The number of rotatable bonds is 7. The summed E-state index contributed by atoms with van der Waals surface area (Å²) in [6.45, 7) is 0.564. The summed E-state index contributed by atoms with van der Waals surface area (Å²) >= 11 is 0. The normalized spacial score (nSPS) is 11.2. The lowest BCUT2D eigenvalue weighted by Crippen LogP contribution is -2.21. The Morgan fingerprint density at radius 2 is 1.75 bits per heavy atom. The molecule has 2 heteroatoms. The van der Waals surface area contributed by atoms with Gasteiger partial charge in [-0.05, 0) is 49.7 Å². The highest BCUT2D eigenvalue weighted by molar-refractivity contribution is 5.85. The van der Waals surface area contributed by atoms with Crippen molar-refractivity contribution < 1.29 is 4.79 Å². The average molecular weight is 269 g/mol. The molecule has 0 unspecified atom stereocenters. The van der Waals surface area contributed by atoms with Crippen LogP contribution in [0, 0.1) is 0 Å². The summed E-state index contributed by atoms with van der Waals surface area (Å²) in [7, 11) is 3.88. The van der Waals surface area contributed by atoms with Crippen molar-refractivity contribution in [1.29, 1.82) is 0 Å². The van der Waals surface area contributed by atoms with Gasteiger partial charge in [0.15, 0.2) is 0 Å². The van der Waals surface area contributed by atoms with Gasteiger partial charge in [-0.2, -0.15) is 0 Å². The van der Waals surface area contributed by atoms with Crippen LogP contribution < -0.4 is 0 Å². The molecule has 0 heterocycles. The number of unbranched alkanes of at least 4 members (excludes halogenated alkanes) is 1. The summed E-state index contributed by atoms with van der Waals surface area (Å²) in [4.78, 5) is 13.6. The van der Waals surface area contributed by atoms with Gasteiger partial charge in [-0.25, -0.2) is 0 Å². The highest BCUT2D eigenvalue weighted by Gasteiger charge is 2.04. The first-order chi connectivity index (χ1) is 9.66. The summed E-state index contributed by atoms with van der Waals surface area (Å²) in [5.74, 6) is 0.341. The molecule has 20 heavy (non-hydrogen) atoms. The van der Waals surface area contributed by atoms with Crippen LogP contribution in [0.5, 0.6) is 0 Å². The molecule has 0 fully saturated rings. The van der Waals surface area contributed by atoms with Crippen molar-refractivity contribution in [2.24, 2.45) is 0 Å². The number of aryl methyl sites for hydroxylation is 1. The van der Waals surface area contributed by atoms with Crippen LogP contribution in [0.25, 0.3) is 10.8 Å². The predicted molar refractivity (Wildman–Crippen MR) is 85.1 cm³/mol. The number of fused-ring (bicyclic) bond motifs is 1. The lowest BCUT2D eigenvalue weighted by molar-refractivity contribution is -0.119. The van der Waals surface area contributed by atoms with Crippen molar-refractivity contribution >= 4 is 16.6 Å². The number of hydrogen-bond acceptors (Lipinski definition) is 2. The first-order valence-electron chi connectivity index (χ1n) is 7.30. The van der Waals surface area contributed by atoms with Crippen LogP contribution in [0.4, 0.5) is 0 Å². The highest BCUT2D eigenvalue weighted by atomic mass is 16.1. The van der Waals surface area contributed by atoms with Gasteiger partial charge in [-0.3, -0.25) is 4.79 Å². The van der Waals surface area contributed by atoms with Crippen LogP contribution >= 0.6 is 0 Å². The second kappa shape index (κ2) is 7.20. The quantitative estimate of drug-likeness (QED) is 0.715. The van der Waals surface area contributed by atoms with Crippen LogP contribution in [0.2, 0.25) is 0 Å². The molecular formula is C18H23NO. The first-order valence-corrected chi connectivity index (χ1v) is 7.30. The van der Waals surface area contributed by atoms with Gasteiger partial charge >= 0.3 is 0 Å². The number of carbonyl (C=O) groups excluding carboxylic acids is 1. The van der Waals surface area contributed by atoms with E-state index in [-0.39, 0.29) is 0 Å². The van der Waals surface area contributed by atoms with E-state index in [0.717, 1.165) is 19.3 Å². The van der Waals surface area contributed by atoms with Gasteiger partial charge in [-0.15, -0.1) is 0 Å². The molecule has 0 spiro atoms. The zero-order valence-corrected chi connectivity index (χ0v) is 12.4. The molecule has 0 aliphatic carbocycles. The SMILES string of the molecule is CN(C)CC(=O)CCCCc1cccc2ccccc12. The molecule has 2 aromatic carbocycles. The van der Waals surface area contributed by atoms with E-state index in [1.807, 2.05) is 19.0 Å². The van der Waals surface area contributed by atoms with Gasteiger partial charge in [-0.1, -0.05) is 42.5 Å². The van der Waals surface area contributed by atoms with Gasteiger partial charge in [0.2, 0.25) is 0 Å². The first kappa shape index (κ1) is 14.7. The maximum atomic E-state index is 11.6. The molecule has 0 saturated heterocycles. The van der Waals surface area contributed by atoms with Crippen molar-refractivity contribution in [2.45, 2.75) is 25.7 Å². The average Bonchev–Trinajstić information content (AvgIpc) is 2.43. The van der Waals surface area contributed by atoms with E-state index >= 15 is 0 Å². The van der Waals surface area contributed by atoms with E-state index in [1.165, 1.54) is 16.3 Å². The fourth-order valence-corrected chi connectivity index (χ4v) is 2.58. The van der Waals surface area contributed by atoms with Crippen LogP contribution in [-0.2, 0) is 11.2 Å². The van der Waals surface area contributed by atoms with Crippen molar-refractivity contribution in [3.05, 3.63) is 48.0 Å². The van der Waals surface area contributed by atoms with Gasteiger partial charge in [0.25, 0.3) is 0 Å². The second-order valence-corrected chi connectivity index (χ2v) is 5.62. The number of carbonyl (C=O) groups is 1.